The van der Waals surface area contributed by atoms with Gasteiger partial charge in [-0.2, -0.15) is 0 Å². The van der Waals surface area contributed by atoms with Gasteiger partial charge in [-0.3, -0.25) is 0 Å². The van der Waals surface area contributed by atoms with Gasteiger partial charge in [0.15, 0.2) is 0 Å². The van der Waals surface area contributed by atoms with Crippen LogP contribution in [0.25, 0.3) is 0 Å². The summed E-state index contributed by atoms with van der Waals surface area (Å²) in [6.07, 6.45) is 0. The predicted molar refractivity (Wildman–Crippen MR) is 44.2 cm³/mol. The zero-order valence-electron chi connectivity index (χ0n) is 6.16. The molecule has 1 rings (SSSR count). The summed E-state index contributed by atoms with van der Waals surface area (Å²) in [7, 11) is 0. The van der Waals surface area contributed by atoms with E-state index in [1.165, 1.54) is 12.1 Å². The van der Waals surface area contributed by atoms with Gasteiger partial charge in [0, 0.05) is 0 Å². The fraction of sp³-hybridized carbons (Fsp3) is 0.125. The van der Waals surface area contributed by atoms with Gasteiger partial charge in [0.1, 0.15) is 0 Å². The number of hydrogen-bond acceptors (Lipinski definition) is 1. The van der Waals surface area contributed by atoms with Gasteiger partial charge in [0.25, 0.3) is 0 Å². The molecule has 4 heteroatoms. The molecule has 0 bridgehead atoms. The molecule has 0 aliphatic heterocycles. The van der Waals surface area contributed by atoms with Crippen molar-refractivity contribution in [3.63, 3.8) is 0 Å². The molecule has 64 valence electrons. The van der Waals surface area contributed by atoms with Gasteiger partial charge in [-0.05, 0) is 0 Å². The molecule has 12 heavy (non-hydrogen) atoms. The summed E-state index contributed by atoms with van der Waals surface area (Å²) in [6, 6.07) is 5.94. The van der Waals surface area contributed by atoms with E-state index in [9.17, 15) is 9.18 Å². The molecule has 0 amide bonds. The monoisotopic (exact) mass is 234 g/mol. The first-order valence-electron chi connectivity index (χ1n) is 3.28. The topological polar surface area (TPSA) is 37.3 Å². The van der Waals surface area contributed by atoms with E-state index < -0.39 is 5.97 Å². The quantitative estimate of drug-likeness (QED) is 0.778. The summed E-state index contributed by atoms with van der Waals surface area (Å²) in [5.41, 5.74) is 0. The number of halogens is 1. The average molecular weight is 233 g/mol. The van der Waals surface area contributed by atoms with Crippen molar-refractivity contribution in [2.75, 3.05) is 0 Å². The van der Waals surface area contributed by atoms with Crippen LogP contribution >= 0.6 is 0 Å². The molecule has 1 aromatic rings. The van der Waals surface area contributed by atoms with Crippen LogP contribution in [-0.4, -0.2) is 26.0 Å². The standard InChI is InChI=1S/C8H7FO2Se/c9-6-1-3-7(4-2-6)12-5-8(10)11/h1-4H,5H2,(H,10,11). The van der Waals surface area contributed by atoms with Gasteiger partial charge in [0.05, 0.1) is 0 Å². The van der Waals surface area contributed by atoms with Crippen LogP contribution in [0.1, 0.15) is 0 Å². The number of hydrogen-bond donors (Lipinski definition) is 1. The van der Waals surface area contributed by atoms with Crippen molar-refractivity contribution in [1.29, 1.82) is 0 Å². The molecular formula is C8H7FO2Se. The van der Waals surface area contributed by atoms with Gasteiger partial charge in [-0.15, -0.1) is 0 Å². The zero-order valence-corrected chi connectivity index (χ0v) is 7.87. The Hall–Kier alpha value is -0.861. The molecule has 1 N–H and O–H groups in total. The van der Waals surface area contributed by atoms with E-state index in [2.05, 4.69) is 0 Å². The van der Waals surface area contributed by atoms with Crippen LogP contribution in [0.3, 0.4) is 0 Å². The molecule has 0 saturated heterocycles. The Labute approximate surface area is 75.6 Å². The Morgan fingerprint density at radius 1 is 1.42 bits per heavy atom. The molecule has 2 nitrogen and oxygen atoms in total. The summed E-state index contributed by atoms with van der Waals surface area (Å²) >= 11 is -0.0838. The van der Waals surface area contributed by atoms with Crippen molar-refractivity contribution in [3.05, 3.63) is 30.1 Å². The Kier molecular flexibility index (Phi) is 3.26. The third-order valence-electron chi connectivity index (χ3n) is 1.18. The molecule has 0 fully saturated rings. The molecule has 0 spiro atoms. The third kappa shape index (κ3) is 3.03. The Balaban J connectivity index is 2.53. The number of benzene rings is 1. The molecular weight excluding hydrogens is 226 g/mol. The molecule has 0 heterocycles. The van der Waals surface area contributed by atoms with Crippen molar-refractivity contribution in [2.45, 2.75) is 5.32 Å². The number of carboxylic acid groups (broad SMARTS) is 1. The van der Waals surface area contributed by atoms with Gasteiger partial charge in [0.2, 0.25) is 0 Å². The molecule has 0 saturated carbocycles. The molecule has 0 radical (unpaired) electrons. The second-order valence-electron chi connectivity index (χ2n) is 2.14. The van der Waals surface area contributed by atoms with E-state index >= 15 is 0 Å². The predicted octanol–water partition coefficient (Wildman–Crippen LogP) is 0.658. The average Bonchev–Trinajstić information content (AvgIpc) is 2.03. The normalized spacial score (nSPS) is 9.75. The Morgan fingerprint density at radius 3 is 2.50 bits per heavy atom. The van der Waals surface area contributed by atoms with E-state index in [4.69, 9.17) is 5.11 Å². The molecule has 0 aromatic heterocycles. The second-order valence-corrected chi connectivity index (χ2v) is 4.34. The van der Waals surface area contributed by atoms with Crippen molar-refractivity contribution < 1.29 is 14.3 Å². The van der Waals surface area contributed by atoms with Crippen LogP contribution in [0, 0.1) is 5.82 Å². The first-order valence-corrected chi connectivity index (χ1v) is 5.35. The van der Waals surface area contributed by atoms with Crippen molar-refractivity contribution >= 4 is 25.4 Å². The van der Waals surface area contributed by atoms with Crippen LogP contribution in [0.2, 0.25) is 5.32 Å². The van der Waals surface area contributed by atoms with E-state index in [0.29, 0.717) is 0 Å². The molecule has 0 unspecified atom stereocenters. The van der Waals surface area contributed by atoms with E-state index in [0.717, 1.165) is 4.46 Å². The maximum absolute atomic E-state index is 12.4. The number of rotatable bonds is 3. The Morgan fingerprint density at radius 2 is 2.00 bits per heavy atom. The minimum absolute atomic E-state index is 0.0838. The first kappa shape index (κ1) is 9.23. The van der Waals surface area contributed by atoms with Crippen molar-refractivity contribution in [3.8, 4) is 0 Å². The fourth-order valence-electron chi connectivity index (χ4n) is 0.676. The molecule has 0 aliphatic rings. The summed E-state index contributed by atoms with van der Waals surface area (Å²) < 4.78 is 13.3. The van der Waals surface area contributed by atoms with Gasteiger partial charge >= 0.3 is 75.1 Å². The van der Waals surface area contributed by atoms with Crippen molar-refractivity contribution in [1.82, 2.24) is 0 Å². The molecule has 0 aliphatic carbocycles. The third-order valence-corrected chi connectivity index (χ3v) is 3.27. The van der Waals surface area contributed by atoms with E-state index in [1.807, 2.05) is 0 Å². The fourth-order valence-corrected chi connectivity index (χ4v) is 1.97. The summed E-state index contributed by atoms with van der Waals surface area (Å²) in [4.78, 5) is 10.2. The van der Waals surface area contributed by atoms with Crippen LogP contribution in [0.4, 0.5) is 4.39 Å². The number of aliphatic carboxylic acids is 1. The molecule has 0 atom stereocenters. The van der Waals surface area contributed by atoms with E-state index in [1.54, 1.807) is 12.1 Å². The summed E-state index contributed by atoms with van der Waals surface area (Å²) in [5.74, 6) is -1.09. The molecule has 1 aromatic carbocycles. The van der Waals surface area contributed by atoms with Gasteiger partial charge in [-0.25, -0.2) is 0 Å². The summed E-state index contributed by atoms with van der Waals surface area (Å²) in [6.45, 7) is 0. The summed E-state index contributed by atoms with van der Waals surface area (Å²) in [5, 5.41) is 8.52. The van der Waals surface area contributed by atoms with Gasteiger partial charge in [-0.1, -0.05) is 0 Å². The van der Waals surface area contributed by atoms with Crippen LogP contribution in [0.5, 0.6) is 0 Å². The Bertz CT molecular complexity index is 271. The van der Waals surface area contributed by atoms with Crippen LogP contribution < -0.4 is 4.46 Å². The van der Waals surface area contributed by atoms with Crippen molar-refractivity contribution in [2.24, 2.45) is 0 Å². The van der Waals surface area contributed by atoms with Gasteiger partial charge < -0.3 is 0 Å². The zero-order chi connectivity index (χ0) is 8.97. The maximum atomic E-state index is 12.4. The van der Waals surface area contributed by atoms with Crippen LogP contribution in [0.15, 0.2) is 24.3 Å². The van der Waals surface area contributed by atoms with E-state index in [-0.39, 0.29) is 26.1 Å². The second kappa shape index (κ2) is 4.24. The first-order chi connectivity index (χ1) is 5.68. The number of carbonyl (C=O) groups is 1. The SMILES string of the molecule is O=C(O)C[Se]c1ccc(F)cc1. The minimum atomic E-state index is -0.806. The number of carboxylic acids is 1. The van der Waals surface area contributed by atoms with Crippen LogP contribution in [-0.2, 0) is 4.79 Å².